The molecule has 1 fully saturated rings. The van der Waals surface area contributed by atoms with Crippen molar-refractivity contribution in [1.29, 1.82) is 0 Å². The molecule has 0 radical (unpaired) electrons. The number of Topliss-reactive ketones (excluding diaryl/α,β-unsaturated/α-hetero) is 1. The molecule has 1 aromatic heterocycles. The third-order valence-corrected chi connectivity index (χ3v) is 5.76. The first-order valence-corrected chi connectivity index (χ1v) is 10.1. The first-order chi connectivity index (χ1) is 14.2. The summed E-state index contributed by atoms with van der Waals surface area (Å²) in [4.78, 5) is 27.4. The monoisotopic (exact) mass is 416 g/mol. The molecular weight excluding hydrogens is 387 g/mol. The fourth-order valence-corrected chi connectivity index (χ4v) is 3.74. The number of nitrogens with zero attached hydrogens (tertiary/aromatic N) is 2. The van der Waals surface area contributed by atoms with Crippen LogP contribution >= 0.6 is 0 Å². The van der Waals surface area contributed by atoms with Crippen molar-refractivity contribution >= 4 is 11.8 Å². The first-order valence-electron chi connectivity index (χ1n) is 10.1. The zero-order chi connectivity index (χ0) is 21.9. The lowest BCUT2D eigenvalue weighted by Crippen LogP contribution is -2.55. The molecule has 0 spiro atoms. The second-order valence-electron chi connectivity index (χ2n) is 8.16. The highest BCUT2D eigenvalue weighted by molar-refractivity contribution is 5.99. The van der Waals surface area contributed by atoms with Gasteiger partial charge in [-0.25, -0.2) is 4.39 Å². The molecule has 7 heteroatoms. The molecule has 30 heavy (non-hydrogen) atoms. The maximum absolute atomic E-state index is 13.1. The van der Waals surface area contributed by atoms with Gasteiger partial charge in [0.05, 0.1) is 13.2 Å². The number of aromatic nitrogens is 1. The van der Waals surface area contributed by atoms with Gasteiger partial charge in [0.2, 0.25) is 5.78 Å². The van der Waals surface area contributed by atoms with E-state index in [2.05, 4.69) is 0 Å². The van der Waals surface area contributed by atoms with Crippen LogP contribution in [0.15, 0.2) is 30.3 Å². The highest BCUT2D eigenvalue weighted by Gasteiger charge is 2.37. The summed E-state index contributed by atoms with van der Waals surface area (Å²) in [6, 6.07) is 8.11. The van der Waals surface area contributed by atoms with Crippen molar-refractivity contribution in [3.8, 4) is 0 Å². The predicted molar refractivity (Wildman–Crippen MR) is 111 cm³/mol. The number of halogens is 1. The Balaban J connectivity index is 1.65. The minimum atomic E-state index is -0.816. The highest BCUT2D eigenvalue weighted by atomic mass is 19.1. The number of morpholine rings is 1. The summed E-state index contributed by atoms with van der Waals surface area (Å²) in [5.74, 6) is -0.935. The van der Waals surface area contributed by atoms with Crippen LogP contribution in [0.4, 0.5) is 4.39 Å². The molecule has 0 aliphatic carbocycles. The summed E-state index contributed by atoms with van der Waals surface area (Å²) < 4.78 is 25.9. The van der Waals surface area contributed by atoms with Gasteiger partial charge in [-0.15, -0.1) is 0 Å². The summed E-state index contributed by atoms with van der Waals surface area (Å²) in [7, 11) is 0. The standard InChI is InChI=1S/C23H29FN2O4/c1-16-13-20(17(2)26(16)14-18-5-7-19(24)8-6-18)21(27)15-30-22(28)23(3,4)25-9-11-29-12-10-25/h5-8,13H,9-12,14-15H2,1-4H3. The minimum Gasteiger partial charge on any atom is -0.456 e. The van der Waals surface area contributed by atoms with Gasteiger partial charge in [-0.1, -0.05) is 12.1 Å². The summed E-state index contributed by atoms with van der Waals surface area (Å²) in [6.07, 6.45) is 0. The second-order valence-corrected chi connectivity index (χ2v) is 8.16. The van der Waals surface area contributed by atoms with E-state index in [0.29, 0.717) is 38.4 Å². The number of hydrogen-bond donors (Lipinski definition) is 0. The van der Waals surface area contributed by atoms with E-state index in [-0.39, 0.29) is 18.2 Å². The van der Waals surface area contributed by atoms with Gasteiger partial charge < -0.3 is 14.0 Å². The average molecular weight is 416 g/mol. The molecule has 162 valence electrons. The molecule has 2 aromatic rings. The summed E-state index contributed by atoms with van der Waals surface area (Å²) in [6.45, 7) is 10.1. The lowest BCUT2D eigenvalue weighted by Gasteiger charge is -2.38. The topological polar surface area (TPSA) is 60.8 Å². The van der Waals surface area contributed by atoms with Gasteiger partial charge in [0.1, 0.15) is 11.4 Å². The number of ketones is 1. The molecule has 0 bridgehead atoms. The number of aryl methyl sites for hydroxylation is 1. The molecular formula is C23H29FN2O4. The van der Waals surface area contributed by atoms with E-state index in [4.69, 9.17) is 9.47 Å². The number of benzene rings is 1. The Bertz CT molecular complexity index is 912. The smallest absolute Gasteiger partial charge is 0.326 e. The quantitative estimate of drug-likeness (QED) is 0.513. The molecule has 1 saturated heterocycles. The van der Waals surface area contributed by atoms with E-state index in [1.54, 1.807) is 26.0 Å². The van der Waals surface area contributed by atoms with Gasteiger partial charge in [0, 0.05) is 36.6 Å². The first kappa shape index (κ1) is 22.2. The van der Waals surface area contributed by atoms with Gasteiger partial charge in [-0.05, 0) is 51.5 Å². The van der Waals surface area contributed by atoms with Crippen LogP contribution in [-0.4, -0.2) is 59.7 Å². The zero-order valence-corrected chi connectivity index (χ0v) is 18.0. The normalized spacial score (nSPS) is 15.2. The molecule has 0 saturated carbocycles. The Morgan fingerprint density at radius 1 is 1.13 bits per heavy atom. The number of rotatable bonds is 7. The lowest BCUT2D eigenvalue weighted by molar-refractivity contribution is -0.157. The fourth-order valence-electron chi connectivity index (χ4n) is 3.74. The van der Waals surface area contributed by atoms with Crippen LogP contribution in [0.1, 0.15) is 41.2 Å². The van der Waals surface area contributed by atoms with Gasteiger partial charge in [-0.2, -0.15) is 0 Å². The van der Waals surface area contributed by atoms with E-state index < -0.39 is 11.5 Å². The van der Waals surface area contributed by atoms with Crippen molar-refractivity contribution in [2.75, 3.05) is 32.9 Å². The van der Waals surface area contributed by atoms with Crippen molar-refractivity contribution < 1.29 is 23.5 Å². The van der Waals surface area contributed by atoms with Crippen molar-refractivity contribution in [1.82, 2.24) is 9.47 Å². The second kappa shape index (κ2) is 9.10. The predicted octanol–water partition coefficient (Wildman–Crippen LogP) is 3.13. The molecule has 1 aliphatic rings. The summed E-state index contributed by atoms with van der Waals surface area (Å²) >= 11 is 0. The molecule has 3 rings (SSSR count). The number of carbonyl (C=O) groups is 2. The van der Waals surface area contributed by atoms with Crippen LogP contribution in [-0.2, 0) is 20.8 Å². The van der Waals surface area contributed by atoms with Gasteiger partial charge in [0.15, 0.2) is 6.61 Å². The van der Waals surface area contributed by atoms with Gasteiger partial charge in [0.25, 0.3) is 0 Å². The third kappa shape index (κ3) is 4.79. The highest BCUT2D eigenvalue weighted by Crippen LogP contribution is 2.20. The van der Waals surface area contributed by atoms with Crippen molar-refractivity contribution in [3.05, 3.63) is 58.7 Å². The fraction of sp³-hybridized carbons (Fsp3) is 0.478. The summed E-state index contributed by atoms with van der Waals surface area (Å²) in [5.41, 5.74) is 2.37. The minimum absolute atomic E-state index is 0.236. The Labute approximate surface area is 176 Å². The number of hydrogen-bond acceptors (Lipinski definition) is 5. The number of esters is 1. The molecule has 2 heterocycles. The van der Waals surface area contributed by atoms with Crippen molar-refractivity contribution in [2.24, 2.45) is 0 Å². The molecule has 0 amide bonds. The molecule has 0 unspecified atom stereocenters. The van der Waals surface area contributed by atoms with E-state index in [1.807, 2.05) is 29.4 Å². The molecule has 0 atom stereocenters. The molecule has 0 N–H and O–H groups in total. The Hall–Kier alpha value is -2.51. The largest absolute Gasteiger partial charge is 0.456 e. The number of carbonyl (C=O) groups excluding carboxylic acids is 2. The van der Waals surface area contributed by atoms with Crippen LogP contribution in [0.2, 0.25) is 0 Å². The third-order valence-electron chi connectivity index (χ3n) is 5.76. The Morgan fingerprint density at radius 3 is 2.40 bits per heavy atom. The van der Waals surface area contributed by atoms with E-state index in [0.717, 1.165) is 17.0 Å². The van der Waals surface area contributed by atoms with Crippen LogP contribution in [0.3, 0.4) is 0 Å². The summed E-state index contributed by atoms with van der Waals surface area (Å²) in [5, 5.41) is 0. The van der Waals surface area contributed by atoms with Gasteiger partial charge >= 0.3 is 5.97 Å². The Kier molecular flexibility index (Phi) is 6.73. The SMILES string of the molecule is Cc1cc(C(=O)COC(=O)C(C)(C)N2CCOCC2)c(C)n1Cc1ccc(F)cc1. The lowest BCUT2D eigenvalue weighted by atomic mass is 10.0. The van der Waals surface area contributed by atoms with Crippen molar-refractivity contribution in [2.45, 2.75) is 39.8 Å². The van der Waals surface area contributed by atoms with Gasteiger partial charge in [-0.3, -0.25) is 14.5 Å². The van der Waals surface area contributed by atoms with Crippen LogP contribution in [0.5, 0.6) is 0 Å². The maximum Gasteiger partial charge on any atom is 0.326 e. The van der Waals surface area contributed by atoms with Crippen molar-refractivity contribution in [3.63, 3.8) is 0 Å². The van der Waals surface area contributed by atoms with Crippen LogP contribution in [0.25, 0.3) is 0 Å². The van der Waals surface area contributed by atoms with Crippen LogP contribution < -0.4 is 0 Å². The molecule has 1 aliphatic heterocycles. The van der Waals surface area contributed by atoms with E-state index in [1.165, 1.54) is 12.1 Å². The zero-order valence-electron chi connectivity index (χ0n) is 18.0. The van der Waals surface area contributed by atoms with E-state index in [9.17, 15) is 14.0 Å². The number of ether oxygens (including phenoxy) is 2. The molecule has 6 nitrogen and oxygen atoms in total. The van der Waals surface area contributed by atoms with Crippen LogP contribution in [0, 0.1) is 19.7 Å². The Morgan fingerprint density at radius 2 is 1.77 bits per heavy atom. The van der Waals surface area contributed by atoms with E-state index >= 15 is 0 Å². The molecule has 1 aromatic carbocycles. The maximum atomic E-state index is 13.1. The average Bonchev–Trinajstić information content (AvgIpc) is 3.02.